The molecular weight excluding hydrogens is 232 g/mol. The predicted molar refractivity (Wildman–Crippen MR) is 68.5 cm³/mol. The predicted octanol–water partition coefficient (Wildman–Crippen LogP) is 2.46. The number of hydrazone groups is 1. The summed E-state index contributed by atoms with van der Waals surface area (Å²) in [4.78, 5) is 11.4. The molecule has 1 spiro atoms. The average Bonchev–Trinajstić information content (AvgIpc) is 2.22. The molecule has 0 bridgehead atoms. The Labute approximate surface area is 108 Å². The van der Waals surface area contributed by atoms with E-state index >= 15 is 0 Å². The molecule has 0 aromatic heterocycles. The van der Waals surface area contributed by atoms with Crippen LogP contribution in [0.25, 0.3) is 0 Å². The summed E-state index contributed by atoms with van der Waals surface area (Å²) in [5, 5.41) is 4.14. The van der Waals surface area contributed by atoms with Gasteiger partial charge in [-0.15, -0.1) is 0 Å². The first kappa shape index (κ1) is 13.3. The molecule has 0 aromatic rings. The summed E-state index contributed by atoms with van der Waals surface area (Å²) in [6.07, 6.45) is 3.63. The molecule has 18 heavy (non-hydrogen) atoms. The van der Waals surface area contributed by atoms with Crippen molar-refractivity contribution in [3.8, 4) is 0 Å². The number of ether oxygens (including phenoxy) is 2. The zero-order valence-electron chi connectivity index (χ0n) is 11.4. The van der Waals surface area contributed by atoms with Gasteiger partial charge in [0.15, 0.2) is 0 Å². The highest BCUT2D eigenvalue weighted by Crippen LogP contribution is 2.41. The zero-order valence-corrected chi connectivity index (χ0v) is 11.4. The third-order valence-electron chi connectivity index (χ3n) is 3.41. The summed E-state index contributed by atoms with van der Waals surface area (Å²) in [5.74, 6) is 0. The van der Waals surface area contributed by atoms with Crippen LogP contribution in [-0.2, 0) is 9.47 Å². The molecule has 2 aliphatic rings. The fourth-order valence-corrected chi connectivity index (χ4v) is 2.29. The Balaban J connectivity index is 1.75. The van der Waals surface area contributed by atoms with Gasteiger partial charge in [0.2, 0.25) is 0 Å². The molecule has 1 saturated carbocycles. The average molecular weight is 254 g/mol. The van der Waals surface area contributed by atoms with Crippen LogP contribution in [0, 0.1) is 5.41 Å². The van der Waals surface area contributed by atoms with Gasteiger partial charge in [-0.1, -0.05) is 0 Å². The van der Waals surface area contributed by atoms with Crippen LogP contribution in [-0.4, -0.2) is 30.6 Å². The van der Waals surface area contributed by atoms with Gasteiger partial charge in [0.05, 0.1) is 13.2 Å². The quantitative estimate of drug-likeness (QED) is 0.731. The molecule has 0 aromatic carbocycles. The van der Waals surface area contributed by atoms with Crippen molar-refractivity contribution in [1.29, 1.82) is 0 Å². The molecule has 1 aliphatic carbocycles. The van der Waals surface area contributed by atoms with E-state index < -0.39 is 11.7 Å². The lowest BCUT2D eigenvalue weighted by Crippen LogP contribution is -2.45. The van der Waals surface area contributed by atoms with E-state index in [2.05, 4.69) is 10.5 Å². The largest absolute Gasteiger partial charge is 0.443 e. The number of rotatable bonds is 1. The molecular formula is C13H22N2O3. The second-order valence-corrected chi connectivity index (χ2v) is 6.28. The van der Waals surface area contributed by atoms with Gasteiger partial charge in [0, 0.05) is 11.1 Å². The summed E-state index contributed by atoms with van der Waals surface area (Å²) < 4.78 is 10.4. The van der Waals surface area contributed by atoms with Crippen molar-refractivity contribution in [1.82, 2.24) is 5.43 Å². The molecule has 5 heteroatoms. The van der Waals surface area contributed by atoms with E-state index in [-0.39, 0.29) is 0 Å². The lowest BCUT2D eigenvalue weighted by atomic mass is 9.72. The maximum Gasteiger partial charge on any atom is 0.428 e. The fraction of sp³-hybridized carbons (Fsp3) is 0.846. The first-order valence-electron chi connectivity index (χ1n) is 6.51. The number of carbonyl (C=O) groups is 1. The summed E-state index contributed by atoms with van der Waals surface area (Å²) >= 11 is 0. The van der Waals surface area contributed by atoms with E-state index in [0.717, 1.165) is 44.6 Å². The van der Waals surface area contributed by atoms with Crippen LogP contribution in [0.3, 0.4) is 0 Å². The van der Waals surface area contributed by atoms with Gasteiger partial charge in [0.1, 0.15) is 5.60 Å². The lowest BCUT2D eigenvalue weighted by Gasteiger charge is -2.44. The highest BCUT2D eigenvalue weighted by Gasteiger charge is 2.40. The van der Waals surface area contributed by atoms with E-state index in [1.165, 1.54) is 0 Å². The zero-order chi connectivity index (χ0) is 13.2. The number of nitrogens with one attached hydrogen (secondary N) is 1. The Kier molecular flexibility index (Phi) is 3.61. The van der Waals surface area contributed by atoms with Gasteiger partial charge < -0.3 is 9.47 Å². The standard InChI is InChI=1S/C13H22N2O3/c1-12(2,3)18-11(16)15-14-10-4-6-13(7-5-10)8-17-9-13/h4-9H2,1-3H3,(H,15,16). The Morgan fingerprint density at radius 3 is 2.39 bits per heavy atom. The molecule has 1 aliphatic heterocycles. The molecule has 5 nitrogen and oxygen atoms in total. The maximum absolute atomic E-state index is 11.4. The van der Waals surface area contributed by atoms with Gasteiger partial charge in [-0.25, -0.2) is 10.2 Å². The van der Waals surface area contributed by atoms with E-state index in [1.807, 2.05) is 20.8 Å². The van der Waals surface area contributed by atoms with Gasteiger partial charge in [-0.2, -0.15) is 5.10 Å². The summed E-state index contributed by atoms with van der Waals surface area (Å²) in [5.41, 5.74) is 3.45. The number of hydrogen-bond donors (Lipinski definition) is 1. The highest BCUT2D eigenvalue weighted by atomic mass is 16.6. The van der Waals surface area contributed by atoms with Crippen molar-refractivity contribution >= 4 is 11.8 Å². The van der Waals surface area contributed by atoms with Crippen LogP contribution >= 0.6 is 0 Å². The smallest absolute Gasteiger partial charge is 0.428 e. The van der Waals surface area contributed by atoms with E-state index in [1.54, 1.807) is 0 Å². The van der Waals surface area contributed by atoms with Gasteiger partial charge in [-0.3, -0.25) is 0 Å². The van der Waals surface area contributed by atoms with Crippen molar-refractivity contribution in [3.63, 3.8) is 0 Å². The first-order valence-corrected chi connectivity index (χ1v) is 6.51. The maximum atomic E-state index is 11.4. The number of nitrogens with zero attached hydrogens (tertiary/aromatic N) is 1. The Morgan fingerprint density at radius 2 is 1.94 bits per heavy atom. The molecule has 2 rings (SSSR count). The van der Waals surface area contributed by atoms with Crippen LogP contribution in [0.1, 0.15) is 46.5 Å². The van der Waals surface area contributed by atoms with Crippen molar-refractivity contribution in [2.45, 2.75) is 52.1 Å². The molecule has 102 valence electrons. The Morgan fingerprint density at radius 1 is 1.33 bits per heavy atom. The monoisotopic (exact) mass is 254 g/mol. The number of hydrogen-bond acceptors (Lipinski definition) is 4. The molecule has 0 atom stereocenters. The molecule has 1 N–H and O–H groups in total. The minimum atomic E-state index is -0.484. The fourth-order valence-electron chi connectivity index (χ4n) is 2.29. The van der Waals surface area contributed by atoms with E-state index in [4.69, 9.17) is 9.47 Å². The third-order valence-corrected chi connectivity index (χ3v) is 3.41. The van der Waals surface area contributed by atoms with Gasteiger partial charge in [0.25, 0.3) is 0 Å². The van der Waals surface area contributed by atoms with E-state index in [0.29, 0.717) is 5.41 Å². The molecule has 2 fully saturated rings. The normalized spacial score (nSPS) is 22.3. The minimum absolute atomic E-state index is 0.408. The number of carbonyl (C=O) groups excluding carboxylic acids is 1. The van der Waals surface area contributed by atoms with E-state index in [9.17, 15) is 4.79 Å². The number of amides is 1. The molecule has 0 unspecified atom stereocenters. The summed E-state index contributed by atoms with van der Waals surface area (Å²) in [6.45, 7) is 7.28. The Hall–Kier alpha value is -1.10. The third kappa shape index (κ3) is 3.45. The topological polar surface area (TPSA) is 59.9 Å². The van der Waals surface area contributed by atoms with Crippen LogP contribution in [0.2, 0.25) is 0 Å². The second kappa shape index (κ2) is 4.88. The van der Waals surface area contributed by atoms with Gasteiger partial charge in [-0.05, 0) is 46.5 Å². The molecule has 0 radical (unpaired) electrons. The van der Waals surface area contributed by atoms with Gasteiger partial charge >= 0.3 is 6.09 Å². The van der Waals surface area contributed by atoms with Crippen LogP contribution in [0.15, 0.2) is 5.10 Å². The molecule has 1 amide bonds. The van der Waals surface area contributed by atoms with Crippen molar-refractivity contribution in [2.24, 2.45) is 10.5 Å². The first-order chi connectivity index (χ1) is 8.39. The van der Waals surface area contributed by atoms with Crippen LogP contribution in [0.4, 0.5) is 4.79 Å². The second-order valence-electron chi connectivity index (χ2n) is 6.28. The minimum Gasteiger partial charge on any atom is -0.443 e. The van der Waals surface area contributed by atoms with Crippen molar-refractivity contribution < 1.29 is 14.3 Å². The summed E-state index contributed by atoms with van der Waals surface area (Å²) in [7, 11) is 0. The Bertz CT molecular complexity index is 342. The summed E-state index contributed by atoms with van der Waals surface area (Å²) in [6, 6.07) is 0. The molecule has 1 heterocycles. The van der Waals surface area contributed by atoms with Crippen LogP contribution < -0.4 is 5.43 Å². The SMILES string of the molecule is CC(C)(C)OC(=O)NN=C1CCC2(CC1)COC2. The van der Waals surface area contributed by atoms with Crippen molar-refractivity contribution in [2.75, 3.05) is 13.2 Å². The van der Waals surface area contributed by atoms with Crippen molar-refractivity contribution in [3.05, 3.63) is 0 Å². The molecule has 1 saturated heterocycles. The van der Waals surface area contributed by atoms with Crippen LogP contribution in [0.5, 0.6) is 0 Å². The lowest BCUT2D eigenvalue weighted by molar-refractivity contribution is -0.122. The highest BCUT2D eigenvalue weighted by molar-refractivity contribution is 5.86.